The second-order valence-corrected chi connectivity index (χ2v) is 19.6. The number of hydrogen-bond acceptors (Lipinski definition) is 12. The van der Waals surface area contributed by atoms with Gasteiger partial charge in [0.25, 0.3) is 0 Å². The van der Waals surface area contributed by atoms with Crippen LogP contribution in [0.5, 0.6) is 46.0 Å². The Bertz CT molecular complexity index is 3280. The van der Waals surface area contributed by atoms with Gasteiger partial charge in [-0.3, -0.25) is 19.2 Å². The quantitative estimate of drug-likeness (QED) is 0.0784. The highest BCUT2D eigenvalue weighted by atomic mass is 16.5. The first-order chi connectivity index (χ1) is 36.2. The average Bonchev–Trinajstić information content (AvgIpc) is 3.44. The van der Waals surface area contributed by atoms with Gasteiger partial charge in [-0.25, -0.2) is 0 Å². The number of ether oxygens (including phenoxy) is 6. The van der Waals surface area contributed by atoms with Crippen molar-refractivity contribution < 1.29 is 57.8 Å². The smallest absolute Gasteiger partial charge is 0.316 e. The number of aromatic hydroxyl groups is 2. The van der Waals surface area contributed by atoms with Crippen LogP contribution in [0.1, 0.15) is 94.9 Å². The van der Waals surface area contributed by atoms with Crippen LogP contribution in [0, 0.1) is 22.7 Å². The van der Waals surface area contributed by atoms with Crippen LogP contribution in [-0.4, -0.2) is 48.3 Å². The molecule has 400 valence electrons. The molecule has 12 nitrogen and oxygen atoms in total. The summed E-state index contributed by atoms with van der Waals surface area (Å²) in [5.41, 5.74) is -1.000. The number of carbonyl (C=O) groups excluding carboxylic acids is 4. The summed E-state index contributed by atoms with van der Waals surface area (Å²) in [5.74, 6) is 2.93. The van der Waals surface area contributed by atoms with Crippen LogP contribution in [0.15, 0.2) is 146 Å². The van der Waals surface area contributed by atoms with E-state index < -0.39 is 10.8 Å². The van der Waals surface area contributed by atoms with Crippen molar-refractivity contribution in [3.63, 3.8) is 0 Å². The lowest BCUT2D eigenvalue weighted by molar-refractivity contribution is -0.144. The number of phenolic OH excluding ortho intramolecular Hbond substituents is 2. The van der Waals surface area contributed by atoms with Gasteiger partial charge in [-0.05, 0) is 102 Å². The number of hydrogen-bond donors (Lipinski definition) is 2. The number of fused-ring (bicyclic) bond motifs is 4. The molecule has 0 heterocycles. The number of rotatable bonds is 14. The molecular weight excluding hydrogens is 961 g/mol. The van der Waals surface area contributed by atoms with Crippen molar-refractivity contribution in [2.24, 2.45) is 22.7 Å². The summed E-state index contributed by atoms with van der Waals surface area (Å²) in [6, 6.07) is 43.6. The van der Waals surface area contributed by atoms with Crippen molar-refractivity contribution in [1.82, 2.24) is 0 Å². The van der Waals surface area contributed by atoms with Crippen LogP contribution >= 0.6 is 0 Å². The van der Waals surface area contributed by atoms with E-state index in [1.807, 2.05) is 166 Å². The summed E-state index contributed by atoms with van der Waals surface area (Å²) in [4.78, 5) is 48.0. The molecular formula is C64H72O12. The van der Waals surface area contributed by atoms with Gasteiger partial charge in [0.2, 0.25) is 0 Å². The maximum Gasteiger partial charge on any atom is 0.316 e. The van der Waals surface area contributed by atoms with E-state index in [4.69, 9.17) is 28.4 Å². The normalized spacial score (nSPS) is 11.8. The molecule has 2 unspecified atom stereocenters. The number of benzene rings is 8. The molecule has 0 aliphatic heterocycles. The van der Waals surface area contributed by atoms with Crippen molar-refractivity contribution >= 4 is 67.0 Å². The van der Waals surface area contributed by atoms with E-state index >= 15 is 0 Å². The van der Waals surface area contributed by atoms with Gasteiger partial charge in [-0.1, -0.05) is 139 Å². The SMILES string of the molecule is CCC(C)(C)C(=O)Oc1ccc(O)c2ccccc12.CCC(C)(C)C(=O)Oc1ccc(OC)c2ccccc12.CCC(C)C(=O)Oc1ccc(O)c2ccccc12.CCC(C)C(=O)Oc1ccc(OC)c2ccccc12. The van der Waals surface area contributed by atoms with Crippen LogP contribution in [-0.2, 0) is 19.2 Å². The summed E-state index contributed by atoms with van der Waals surface area (Å²) in [5, 5.41) is 26.0. The molecule has 0 bridgehead atoms. The third-order valence-corrected chi connectivity index (χ3v) is 13.6. The summed E-state index contributed by atoms with van der Waals surface area (Å²) in [6.07, 6.45) is 2.96. The van der Waals surface area contributed by atoms with Gasteiger partial charge >= 0.3 is 23.9 Å². The lowest BCUT2D eigenvalue weighted by atomic mass is 9.90. The van der Waals surface area contributed by atoms with Crippen molar-refractivity contribution in [2.75, 3.05) is 14.2 Å². The fourth-order valence-electron chi connectivity index (χ4n) is 7.23. The molecule has 0 aliphatic carbocycles. The zero-order valence-corrected chi connectivity index (χ0v) is 45.8. The summed E-state index contributed by atoms with van der Waals surface area (Å²) in [6.45, 7) is 19.1. The van der Waals surface area contributed by atoms with Crippen molar-refractivity contribution in [3.05, 3.63) is 146 Å². The van der Waals surface area contributed by atoms with Crippen molar-refractivity contribution in [2.45, 2.75) is 94.9 Å². The van der Waals surface area contributed by atoms with E-state index in [2.05, 4.69) is 0 Å². The molecule has 12 heteroatoms. The fourth-order valence-corrected chi connectivity index (χ4v) is 7.23. The van der Waals surface area contributed by atoms with Crippen molar-refractivity contribution in [3.8, 4) is 46.0 Å². The predicted molar refractivity (Wildman–Crippen MR) is 302 cm³/mol. The Morgan fingerprint density at radius 2 is 0.618 bits per heavy atom. The Hall–Kier alpha value is -8.12. The molecule has 76 heavy (non-hydrogen) atoms. The van der Waals surface area contributed by atoms with Gasteiger partial charge in [0.1, 0.15) is 46.0 Å². The van der Waals surface area contributed by atoms with Gasteiger partial charge in [0, 0.05) is 43.1 Å². The van der Waals surface area contributed by atoms with E-state index in [0.29, 0.717) is 40.2 Å². The molecule has 0 amide bonds. The van der Waals surface area contributed by atoms with Gasteiger partial charge in [0.05, 0.1) is 36.9 Å². The summed E-state index contributed by atoms with van der Waals surface area (Å²) >= 11 is 0. The largest absolute Gasteiger partial charge is 0.507 e. The summed E-state index contributed by atoms with van der Waals surface area (Å²) < 4.78 is 32.6. The minimum absolute atomic E-state index is 0.0964. The Morgan fingerprint density at radius 3 is 0.895 bits per heavy atom. The first-order valence-electron chi connectivity index (χ1n) is 25.7. The topological polar surface area (TPSA) is 164 Å². The standard InChI is InChI=1S/C17H20O3.2C16H18O3.C15H16O3/c1-5-17(2,3)16(18)20-15-11-10-14(19-4)12-8-6-7-9-13(12)15;1-4-16(2,3)15(18)19-14-10-9-13(17)11-7-5-6-8-12(11)14;1-4-11(2)16(17)19-15-10-9-14(18-3)12-7-5-6-8-13(12)15;1-3-10(2)15(17)18-14-9-8-13(16)11-6-4-5-7-12(11)14/h6-11H,5H2,1-4H3;5-10,17H,4H2,1-3H3;5-11H,4H2,1-3H3;4-10,16H,3H2,1-2H3. The van der Waals surface area contributed by atoms with Gasteiger partial charge in [-0.15, -0.1) is 0 Å². The van der Waals surface area contributed by atoms with Gasteiger partial charge in [0.15, 0.2) is 0 Å². The lowest BCUT2D eigenvalue weighted by Crippen LogP contribution is -2.28. The average molecular weight is 1030 g/mol. The highest BCUT2D eigenvalue weighted by Crippen LogP contribution is 2.37. The molecule has 0 saturated heterocycles. The number of esters is 4. The third kappa shape index (κ3) is 14.6. The minimum atomic E-state index is -0.515. The number of carbonyl (C=O) groups is 4. The second-order valence-electron chi connectivity index (χ2n) is 19.6. The van der Waals surface area contributed by atoms with Crippen LogP contribution in [0.25, 0.3) is 43.1 Å². The maximum absolute atomic E-state index is 12.2. The van der Waals surface area contributed by atoms with Crippen LogP contribution in [0.2, 0.25) is 0 Å². The monoisotopic (exact) mass is 1030 g/mol. The van der Waals surface area contributed by atoms with Crippen LogP contribution in [0.4, 0.5) is 0 Å². The first kappa shape index (κ1) is 58.8. The van der Waals surface area contributed by atoms with Crippen LogP contribution in [0.3, 0.4) is 0 Å². The van der Waals surface area contributed by atoms with E-state index in [0.717, 1.165) is 63.1 Å². The molecule has 0 aliphatic rings. The molecule has 8 aromatic carbocycles. The Labute approximate surface area is 446 Å². The number of phenols is 2. The third-order valence-electron chi connectivity index (χ3n) is 13.6. The lowest BCUT2D eigenvalue weighted by Gasteiger charge is -2.21. The molecule has 0 aromatic heterocycles. The van der Waals surface area contributed by atoms with Crippen molar-refractivity contribution in [1.29, 1.82) is 0 Å². The highest BCUT2D eigenvalue weighted by molar-refractivity contribution is 5.98. The zero-order chi connectivity index (χ0) is 55.7. The Kier molecular flexibility index (Phi) is 20.8. The fraction of sp³-hybridized carbons (Fsp3) is 0.312. The summed E-state index contributed by atoms with van der Waals surface area (Å²) in [7, 11) is 3.26. The molecule has 0 radical (unpaired) electrons. The first-order valence-corrected chi connectivity index (χ1v) is 25.7. The van der Waals surface area contributed by atoms with E-state index in [-0.39, 0.29) is 47.2 Å². The Balaban J connectivity index is 0.000000187. The van der Waals surface area contributed by atoms with Gasteiger partial charge < -0.3 is 38.6 Å². The Morgan fingerprint density at radius 1 is 0.382 bits per heavy atom. The molecule has 8 aromatic rings. The predicted octanol–water partition coefficient (Wildman–Crippen LogP) is 15.4. The molecule has 0 saturated carbocycles. The van der Waals surface area contributed by atoms with Crippen LogP contribution < -0.4 is 28.4 Å². The highest BCUT2D eigenvalue weighted by Gasteiger charge is 2.29. The molecule has 2 N–H and O–H groups in total. The van der Waals surface area contributed by atoms with Gasteiger partial charge in [-0.2, -0.15) is 0 Å². The van der Waals surface area contributed by atoms with E-state index in [1.54, 1.807) is 62.8 Å². The minimum Gasteiger partial charge on any atom is -0.507 e. The maximum atomic E-state index is 12.2. The second kappa shape index (κ2) is 26.9. The molecule has 0 spiro atoms. The molecule has 2 atom stereocenters. The zero-order valence-electron chi connectivity index (χ0n) is 45.8. The number of methoxy groups -OCH3 is 2. The van der Waals surface area contributed by atoms with E-state index in [9.17, 15) is 29.4 Å². The molecule has 8 rings (SSSR count). The molecule has 0 fully saturated rings. The van der Waals surface area contributed by atoms with E-state index in [1.165, 1.54) is 0 Å².